The van der Waals surface area contributed by atoms with Gasteiger partial charge >= 0.3 is 12.1 Å². The zero-order valence-electron chi connectivity index (χ0n) is 18.4. The maximum atomic E-state index is 12.6. The minimum Gasteiger partial charge on any atom is -0.461 e. The Morgan fingerprint density at radius 1 is 0.967 bits per heavy atom. The fraction of sp³-hybridized carbons (Fsp3) is 0.360. The van der Waals surface area contributed by atoms with E-state index in [1.807, 2.05) is 36.4 Å². The molecule has 0 atom stereocenters. The van der Waals surface area contributed by atoms with Crippen molar-refractivity contribution in [3.05, 3.63) is 83.6 Å². The van der Waals surface area contributed by atoms with Crippen LogP contribution in [-0.4, -0.2) is 36.2 Å². The predicted octanol–water partition coefficient (Wildman–Crippen LogP) is 5.52. The molecule has 1 amide bonds. The van der Waals surface area contributed by atoms with Crippen LogP contribution in [0.4, 0.5) is 4.79 Å². The average Bonchev–Trinajstić information content (AvgIpc) is 2.71. The smallest absolute Gasteiger partial charge is 0.414 e. The molecule has 0 aromatic heterocycles. The Labute approximate surface area is 179 Å². The third-order valence-electron chi connectivity index (χ3n) is 4.46. The van der Waals surface area contributed by atoms with Gasteiger partial charge in [0.1, 0.15) is 11.3 Å². The second-order valence-corrected chi connectivity index (χ2v) is 7.96. The highest BCUT2D eigenvalue weighted by Gasteiger charge is 2.26. The molecule has 0 saturated heterocycles. The molecule has 0 aliphatic carbocycles. The molecular formula is C25H31NO4. The normalized spacial score (nSPS) is 11.9. The van der Waals surface area contributed by atoms with E-state index in [4.69, 9.17) is 9.47 Å². The van der Waals surface area contributed by atoms with Gasteiger partial charge in [-0.15, -0.1) is 0 Å². The van der Waals surface area contributed by atoms with Crippen molar-refractivity contribution in [1.82, 2.24) is 4.90 Å². The Morgan fingerprint density at radius 2 is 1.47 bits per heavy atom. The number of hydrogen-bond acceptors (Lipinski definition) is 4. The van der Waals surface area contributed by atoms with E-state index in [0.717, 1.165) is 11.1 Å². The molecule has 160 valence electrons. The molecule has 5 nitrogen and oxygen atoms in total. The highest BCUT2D eigenvalue weighted by molar-refractivity contribution is 5.92. The molecule has 30 heavy (non-hydrogen) atoms. The van der Waals surface area contributed by atoms with Crippen molar-refractivity contribution in [2.75, 3.05) is 13.7 Å². The summed E-state index contributed by atoms with van der Waals surface area (Å²) in [6.45, 7) is 7.31. The quantitative estimate of drug-likeness (QED) is 0.446. The van der Waals surface area contributed by atoms with Crippen molar-refractivity contribution in [1.29, 1.82) is 0 Å². The molecule has 2 rings (SSSR count). The van der Waals surface area contributed by atoms with Gasteiger partial charge in [-0.25, -0.2) is 9.59 Å². The second-order valence-electron chi connectivity index (χ2n) is 7.96. The summed E-state index contributed by atoms with van der Waals surface area (Å²) in [5.74, 6) is -0.519. The first-order valence-corrected chi connectivity index (χ1v) is 10.2. The first-order chi connectivity index (χ1) is 14.2. The zero-order chi connectivity index (χ0) is 22.1. The van der Waals surface area contributed by atoms with Crippen LogP contribution in [-0.2, 0) is 14.3 Å². The monoisotopic (exact) mass is 409 g/mol. The van der Waals surface area contributed by atoms with Crippen LogP contribution in [0.25, 0.3) is 0 Å². The Kier molecular flexibility index (Phi) is 8.22. The molecule has 0 heterocycles. The largest absolute Gasteiger partial charge is 0.461 e. The number of carbonyl (C=O) groups is 2. The number of rotatable bonds is 7. The number of allylic oxidation sites excluding steroid dienone is 1. The van der Waals surface area contributed by atoms with Crippen molar-refractivity contribution in [2.24, 2.45) is 0 Å². The zero-order valence-corrected chi connectivity index (χ0v) is 18.4. The first kappa shape index (κ1) is 23.2. The molecule has 0 N–H and O–H groups in total. The fourth-order valence-corrected chi connectivity index (χ4v) is 3.06. The van der Waals surface area contributed by atoms with Crippen LogP contribution < -0.4 is 0 Å². The van der Waals surface area contributed by atoms with E-state index in [9.17, 15) is 9.59 Å². The molecule has 0 fully saturated rings. The highest BCUT2D eigenvalue weighted by Crippen LogP contribution is 2.29. The van der Waals surface area contributed by atoms with Crippen LogP contribution in [0.5, 0.6) is 0 Å². The van der Waals surface area contributed by atoms with Crippen molar-refractivity contribution in [2.45, 2.75) is 45.6 Å². The number of likely N-dealkylation sites (N-methyl/N-ethyl adjacent to an activating group) is 1. The molecule has 0 saturated carbocycles. The summed E-state index contributed by atoms with van der Waals surface area (Å²) in [5, 5.41) is 0. The third-order valence-corrected chi connectivity index (χ3v) is 4.46. The molecule has 2 aromatic rings. The molecule has 0 spiro atoms. The Bertz CT molecular complexity index is 814. The molecule has 0 unspecified atom stereocenters. The van der Waals surface area contributed by atoms with Crippen LogP contribution in [0.1, 0.15) is 51.2 Å². The third kappa shape index (κ3) is 6.76. The number of ether oxygens (including phenoxy) is 2. The van der Waals surface area contributed by atoms with Gasteiger partial charge in [-0.2, -0.15) is 0 Å². The van der Waals surface area contributed by atoms with Crippen LogP contribution in [0, 0.1) is 0 Å². The summed E-state index contributed by atoms with van der Waals surface area (Å²) in [6.07, 6.45) is 1.68. The molecular weight excluding hydrogens is 378 g/mol. The lowest BCUT2D eigenvalue weighted by atomic mass is 9.88. The Morgan fingerprint density at radius 3 is 1.90 bits per heavy atom. The van der Waals surface area contributed by atoms with E-state index in [1.165, 1.54) is 11.9 Å². The molecule has 0 radical (unpaired) electrons. The summed E-state index contributed by atoms with van der Waals surface area (Å²) in [4.78, 5) is 26.4. The topological polar surface area (TPSA) is 55.8 Å². The van der Waals surface area contributed by atoms with Crippen molar-refractivity contribution >= 4 is 12.1 Å². The lowest BCUT2D eigenvalue weighted by molar-refractivity contribution is -0.140. The SMILES string of the molecule is CCOC(=O)C(=CCC(c1ccccc1)c1ccccc1)N(C)C(=O)OC(C)(C)C. The van der Waals surface area contributed by atoms with Gasteiger partial charge in [0.2, 0.25) is 0 Å². The highest BCUT2D eigenvalue weighted by atomic mass is 16.6. The predicted molar refractivity (Wildman–Crippen MR) is 118 cm³/mol. The number of hydrogen-bond donors (Lipinski definition) is 0. The lowest BCUT2D eigenvalue weighted by Crippen LogP contribution is -2.36. The van der Waals surface area contributed by atoms with Crippen LogP contribution in [0.2, 0.25) is 0 Å². The molecule has 0 aliphatic heterocycles. The average molecular weight is 410 g/mol. The second kappa shape index (κ2) is 10.6. The Hall–Kier alpha value is -3.08. The van der Waals surface area contributed by atoms with Gasteiger partial charge in [0.25, 0.3) is 0 Å². The van der Waals surface area contributed by atoms with Crippen LogP contribution in [0.3, 0.4) is 0 Å². The fourth-order valence-electron chi connectivity index (χ4n) is 3.06. The van der Waals surface area contributed by atoms with Crippen molar-refractivity contribution in [3.8, 4) is 0 Å². The number of amides is 1. The van der Waals surface area contributed by atoms with Gasteiger partial charge < -0.3 is 9.47 Å². The van der Waals surface area contributed by atoms with Gasteiger partial charge in [-0.05, 0) is 45.2 Å². The van der Waals surface area contributed by atoms with Gasteiger partial charge in [0.15, 0.2) is 0 Å². The molecule has 5 heteroatoms. The number of nitrogens with zero attached hydrogens (tertiary/aromatic N) is 1. The summed E-state index contributed by atoms with van der Waals surface area (Å²) in [6, 6.07) is 20.2. The van der Waals surface area contributed by atoms with E-state index < -0.39 is 17.7 Å². The van der Waals surface area contributed by atoms with Gasteiger partial charge in [-0.1, -0.05) is 66.7 Å². The van der Waals surface area contributed by atoms with E-state index >= 15 is 0 Å². The molecule has 2 aromatic carbocycles. The minimum absolute atomic E-state index is 0.0314. The summed E-state index contributed by atoms with van der Waals surface area (Å²) < 4.78 is 10.6. The number of carbonyl (C=O) groups excluding carboxylic acids is 2. The lowest BCUT2D eigenvalue weighted by Gasteiger charge is -2.26. The van der Waals surface area contributed by atoms with Crippen molar-refractivity contribution < 1.29 is 19.1 Å². The molecule has 0 aliphatic rings. The standard InChI is InChI=1S/C25H31NO4/c1-6-29-23(27)22(26(5)24(28)30-25(2,3)4)18-17-21(19-13-9-7-10-14-19)20-15-11-8-12-16-20/h7-16,18,21H,6,17H2,1-5H3. The van der Waals surface area contributed by atoms with E-state index in [2.05, 4.69) is 24.3 Å². The van der Waals surface area contributed by atoms with Crippen LogP contribution in [0.15, 0.2) is 72.4 Å². The van der Waals surface area contributed by atoms with Crippen LogP contribution >= 0.6 is 0 Å². The van der Waals surface area contributed by atoms with Gasteiger partial charge in [0, 0.05) is 13.0 Å². The number of benzene rings is 2. The van der Waals surface area contributed by atoms with Gasteiger partial charge in [0.05, 0.1) is 6.61 Å². The maximum absolute atomic E-state index is 12.6. The maximum Gasteiger partial charge on any atom is 0.414 e. The summed E-state index contributed by atoms with van der Waals surface area (Å²) in [7, 11) is 1.52. The summed E-state index contributed by atoms with van der Waals surface area (Å²) >= 11 is 0. The van der Waals surface area contributed by atoms with E-state index in [1.54, 1.807) is 33.8 Å². The molecule has 0 bridgehead atoms. The van der Waals surface area contributed by atoms with E-state index in [-0.39, 0.29) is 18.2 Å². The number of esters is 1. The Balaban J connectivity index is 2.37. The first-order valence-electron chi connectivity index (χ1n) is 10.2. The van der Waals surface area contributed by atoms with Gasteiger partial charge in [-0.3, -0.25) is 4.90 Å². The van der Waals surface area contributed by atoms with Crippen molar-refractivity contribution in [3.63, 3.8) is 0 Å². The summed E-state index contributed by atoms with van der Waals surface area (Å²) in [5.41, 5.74) is 1.76. The minimum atomic E-state index is -0.665. The van der Waals surface area contributed by atoms with E-state index in [0.29, 0.717) is 6.42 Å².